The molecule has 0 fully saturated rings. The number of rotatable bonds is 2. The van der Waals surface area contributed by atoms with Crippen molar-refractivity contribution in [1.82, 2.24) is 14.5 Å². The Bertz CT molecular complexity index is 464. The Morgan fingerprint density at radius 2 is 2.33 bits per heavy atom. The Morgan fingerprint density at radius 3 is 2.87 bits per heavy atom. The van der Waals surface area contributed by atoms with Crippen LogP contribution in [0.5, 0.6) is 0 Å². The molecule has 2 aromatic rings. The van der Waals surface area contributed by atoms with Gasteiger partial charge < -0.3 is 10.3 Å². The first-order chi connectivity index (χ1) is 7.24. The van der Waals surface area contributed by atoms with Crippen molar-refractivity contribution in [2.24, 2.45) is 12.8 Å². The summed E-state index contributed by atoms with van der Waals surface area (Å²) in [7, 11) is 1.93. The Morgan fingerprint density at radius 1 is 1.53 bits per heavy atom. The summed E-state index contributed by atoms with van der Waals surface area (Å²) in [6.07, 6.45) is 3.53. The first kappa shape index (κ1) is 10.3. The van der Waals surface area contributed by atoms with Gasteiger partial charge in [0.05, 0.1) is 6.54 Å². The minimum atomic E-state index is 0.426. The summed E-state index contributed by atoms with van der Waals surface area (Å²) in [5.41, 5.74) is 7.46. The minimum Gasteiger partial charge on any atom is -0.324 e. The van der Waals surface area contributed by atoms with Gasteiger partial charge in [0.1, 0.15) is 16.1 Å². The molecule has 15 heavy (non-hydrogen) atoms. The van der Waals surface area contributed by atoms with E-state index in [9.17, 15) is 0 Å². The van der Waals surface area contributed by atoms with E-state index in [4.69, 9.17) is 5.73 Å². The van der Waals surface area contributed by atoms with Gasteiger partial charge in [-0.3, -0.25) is 4.98 Å². The topological polar surface area (TPSA) is 56.7 Å². The summed E-state index contributed by atoms with van der Waals surface area (Å²) in [5.74, 6) is 0.848. The third kappa shape index (κ3) is 1.80. The number of pyridine rings is 1. The van der Waals surface area contributed by atoms with Crippen LogP contribution in [-0.2, 0) is 13.6 Å². The molecule has 2 N–H and O–H groups in total. The number of nitrogens with zero attached hydrogens (tertiary/aromatic N) is 3. The number of aromatic nitrogens is 3. The molecule has 0 atom stereocenters. The SMILES string of the molecule is Cn1c(CN)nc(-c2cccnc2)c1Br. The van der Waals surface area contributed by atoms with E-state index in [1.54, 1.807) is 12.4 Å². The summed E-state index contributed by atoms with van der Waals surface area (Å²) in [6, 6.07) is 3.86. The maximum Gasteiger partial charge on any atom is 0.123 e. The molecule has 5 heteroatoms. The van der Waals surface area contributed by atoms with Crippen molar-refractivity contribution in [1.29, 1.82) is 0 Å². The van der Waals surface area contributed by atoms with E-state index < -0.39 is 0 Å². The van der Waals surface area contributed by atoms with Crippen LogP contribution < -0.4 is 5.73 Å². The summed E-state index contributed by atoms with van der Waals surface area (Å²) in [5, 5.41) is 0. The van der Waals surface area contributed by atoms with Crippen LogP contribution in [0.2, 0.25) is 0 Å². The molecular weight excluding hydrogens is 256 g/mol. The van der Waals surface area contributed by atoms with Crippen LogP contribution in [0.25, 0.3) is 11.3 Å². The largest absolute Gasteiger partial charge is 0.324 e. The van der Waals surface area contributed by atoms with Gasteiger partial charge in [0, 0.05) is 25.0 Å². The molecule has 0 unspecified atom stereocenters. The number of hydrogen-bond donors (Lipinski definition) is 1. The molecule has 4 nitrogen and oxygen atoms in total. The number of nitrogens with two attached hydrogens (primary N) is 1. The molecule has 2 aromatic heterocycles. The first-order valence-corrected chi connectivity index (χ1v) is 5.35. The second-order valence-corrected chi connectivity index (χ2v) is 3.92. The first-order valence-electron chi connectivity index (χ1n) is 4.55. The molecule has 0 saturated carbocycles. The minimum absolute atomic E-state index is 0.426. The van der Waals surface area contributed by atoms with Crippen molar-refractivity contribution in [3.63, 3.8) is 0 Å². The monoisotopic (exact) mass is 266 g/mol. The van der Waals surface area contributed by atoms with Crippen LogP contribution >= 0.6 is 15.9 Å². The summed E-state index contributed by atoms with van der Waals surface area (Å²) in [4.78, 5) is 8.51. The van der Waals surface area contributed by atoms with E-state index in [0.29, 0.717) is 6.54 Å². The number of halogens is 1. The van der Waals surface area contributed by atoms with Gasteiger partial charge in [-0.05, 0) is 28.1 Å². The van der Waals surface area contributed by atoms with Crippen molar-refractivity contribution in [2.45, 2.75) is 6.54 Å². The molecule has 0 aliphatic carbocycles. The maximum absolute atomic E-state index is 5.59. The Labute approximate surface area is 96.3 Å². The lowest BCUT2D eigenvalue weighted by Crippen LogP contribution is -2.04. The van der Waals surface area contributed by atoms with Crippen molar-refractivity contribution >= 4 is 15.9 Å². The fourth-order valence-electron chi connectivity index (χ4n) is 1.39. The van der Waals surface area contributed by atoms with Crippen LogP contribution in [0, 0.1) is 0 Å². The zero-order chi connectivity index (χ0) is 10.8. The lowest BCUT2D eigenvalue weighted by Gasteiger charge is -1.98. The van der Waals surface area contributed by atoms with Crippen LogP contribution in [0.1, 0.15) is 5.82 Å². The van der Waals surface area contributed by atoms with Gasteiger partial charge >= 0.3 is 0 Å². The Hall–Kier alpha value is -1.20. The van der Waals surface area contributed by atoms with E-state index in [0.717, 1.165) is 21.7 Å². The second-order valence-electron chi connectivity index (χ2n) is 3.17. The molecule has 0 aliphatic heterocycles. The average Bonchev–Trinajstić information content (AvgIpc) is 2.57. The van der Waals surface area contributed by atoms with E-state index >= 15 is 0 Å². The third-order valence-corrected chi connectivity index (χ3v) is 3.14. The van der Waals surface area contributed by atoms with E-state index in [2.05, 4.69) is 25.9 Å². The number of hydrogen-bond acceptors (Lipinski definition) is 3. The zero-order valence-electron chi connectivity index (χ0n) is 8.31. The van der Waals surface area contributed by atoms with Crippen LogP contribution in [-0.4, -0.2) is 14.5 Å². The van der Waals surface area contributed by atoms with Crippen LogP contribution in [0.3, 0.4) is 0 Å². The van der Waals surface area contributed by atoms with Gasteiger partial charge in [-0.2, -0.15) is 0 Å². The van der Waals surface area contributed by atoms with Crippen molar-refractivity contribution < 1.29 is 0 Å². The average molecular weight is 267 g/mol. The van der Waals surface area contributed by atoms with Gasteiger partial charge in [0.15, 0.2) is 0 Å². The maximum atomic E-state index is 5.59. The fourth-order valence-corrected chi connectivity index (χ4v) is 1.91. The molecule has 78 valence electrons. The lowest BCUT2D eigenvalue weighted by atomic mass is 10.2. The third-order valence-electron chi connectivity index (χ3n) is 2.24. The molecule has 2 heterocycles. The van der Waals surface area contributed by atoms with Gasteiger partial charge in [-0.1, -0.05) is 0 Å². The quantitative estimate of drug-likeness (QED) is 0.901. The van der Waals surface area contributed by atoms with E-state index in [-0.39, 0.29) is 0 Å². The molecule has 0 aromatic carbocycles. The molecule has 0 aliphatic rings. The highest BCUT2D eigenvalue weighted by Crippen LogP contribution is 2.27. The second kappa shape index (κ2) is 4.12. The molecule has 0 amide bonds. The fraction of sp³-hybridized carbons (Fsp3) is 0.200. The lowest BCUT2D eigenvalue weighted by molar-refractivity contribution is 0.781. The molecular formula is C10H11BrN4. The smallest absolute Gasteiger partial charge is 0.123 e. The molecule has 0 bridgehead atoms. The number of imidazole rings is 1. The van der Waals surface area contributed by atoms with Gasteiger partial charge in [-0.15, -0.1) is 0 Å². The van der Waals surface area contributed by atoms with E-state index in [1.165, 1.54) is 0 Å². The summed E-state index contributed by atoms with van der Waals surface area (Å²) in [6.45, 7) is 0.426. The molecule has 0 spiro atoms. The molecule has 2 rings (SSSR count). The summed E-state index contributed by atoms with van der Waals surface area (Å²) >= 11 is 3.50. The highest BCUT2D eigenvalue weighted by molar-refractivity contribution is 9.10. The molecule has 0 saturated heterocycles. The van der Waals surface area contributed by atoms with Gasteiger partial charge in [-0.25, -0.2) is 4.98 Å². The van der Waals surface area contributed by atoms with Gasteiger partial charge in [0.2, 0.25) is 0 Å². The predicted molar refractivity (Wildman–Crippen MR) is 62.0 cm³/mol. The molecule has 0 radical (unpaired) electrons. The highest BCUT2D eigenvalue weighted by Gasteiger charge is 2.12. The summed E-state index contributed by atoms with van der Waals surface area (Å²) < 4.78 is 2.86. The van der Waals surface area contributed by atoms with Crippen molar-refractivity contribution in [3.8, 4) is 11.3 Å². The van der Waals surface area contributed by atoms with Crippen LogP contribution in [0.15, 0.2) is 29.1 Å². The zero-order valence-corrected chi connectivity index (χ0v) is 9.90. The van der Waals surface area contributed by atoms with Crippen molar-refractivity contribution in [2.75, 3.05) is 0 Å². The van der Waals surface area contributed by atoms with Crippen LogP contribution in [0.4, 0.5) is 0 Å². The normalized spacial score (nSPS) is 10.6. The Balaban J connectivity index is 2.55. The predicted octanol–water partition coefficient (Wildman–Crippen LogP) is 1.70. The standard InChI is InChI=1S/C10H11BrN4/c1-15-8(5-12)14-9(10(15)11)7-3-2-4-13-6-7/h2-4,6H,5,12H2,1H3. The highest BCUT2D eigenvalue weighted by atomic mass is 79.9. The van der Waals surface area contributed by atoms with E-state index in [1.807, 2.05) is 23.7 Å². The van der Waals surface area contributed by atoms with Crippen molar-refractivity contribution in [3.05, 3.63) is 35.0 Å². The van der Waals surface area contributed by atoms with Gasteiger partial charge in [0.25, 0.3) is 0 Å². The Kier molecular flexibility index (Phi) is 2.83.